The molecule has 5 heterocycles. The number of morpholine rings is 1. The largest absolute Gasteiger partial charge is 0.491 e. The van der Waals surface area contributed by atoms with Crippen LogP contribution in [0.4, 0.5) is 5.82 Å². The molecule has 42 heavy (non-hydrogen) atoms. The van der Waals surface area contributed by atoms with Gasteiger partial charge in [-0.05, 0) is 49.3 Å². The highest BCUT2D eigenvalue weighted by molar-refractivity contribution is 5.85. The third kappa shape index (κ3) is 7.02. The molecule has 0 aliphatic carbocycles. The predicted molar refractivity (Wildman–Crippen MR) is 160 cm³/mol. The molecule has 0 radical (unpaired) electrons. The molecule has 1 atom stereocenters. The van der Waals surface area contributed by atoms with Crippen molar-refractivity contribution in [3.05, 3.63) is 42.4 Å². The van der Waals surface area contributed by atoms with Crippen LogP contribution in [0.1, 0.15) is 52.5 Å². The number of carbonyl (C=O) groups is 1. The molecular weight excluding hydrogens is 532 g/mol. The summed E-state index contributed by atoms with van der Waals surface area (Å²) in [5, 5.41) is 14.1. The van der Waals surface area contributed by atoms with Gasteiger partial charge in [0.15, 0.2) is 0 Å². The van der Waals surface area contributed by atoms with E-state index in [0.29, 0.717) is 30.3 Å². The second-order valence-corrected chi connectivity index (χ2v) is 12.2. The smallest absolute Gasteiger partial charge is 0.306 e. The van der Waals surface area contributed by atoms with Gasteiger partial charge in [-0.15, -0.1) is 0 Å². The van der Waals surface area contributed by atoms with Gasteiger partial charge in [-0.25, -0.2) is 9.50 Å². The van der Waals surface area contributed by atoms with Crippen LogP contribution in [0.15, 0.2) is 36.8 Å². The molecule has 3 aromatic rings. The van der Waals surface area contributed by atoms with E-state index in [1.807, 2.05) is 37.5 Å². The van der Waals surface area contributed by atoms with Gasteiger partial charge in [0.2, 0.25) is 0 Å². The van der Waals surface area contributed by atoms with Crippen LogP contribution in [0, 0.1) is 22.7 Å². The van der Waals surface area contributed by atoms with Crippen molar-refractivity contribution in [1.82, 2.24) is 19.5 Å². The first-order valence-corrected chi connectivity index (χ1v) is 15.0. The Labute approximate surface area is 248 Å². The first-order valence-electron chi connectivity index (χ1n) is 15.0. The number of hydrogen-bond acceptors (Lipinski definition) is 9. The first kappa shape index (κ1) is 29.8. The van der Waals surface area contributed by atoms with Crippen LogP contribution >= 0.6 is 0 Å². The van der Waals surface area contributed by atoms with Crippen LogP contribution in [0.5, 0.6) is 5.75 Å². The van der Waals surface area contributed by atoms with E-state index >= 15 is 0 Å². The van der Waals surface area contributed by atoms with Gasteiger partial charge in [-0.1, -0.05) is 20.8 Å². The molecule has 10 nitrogen and oxygen atoms in total. The molecule has 0 saturated carbocycles. The molecule has 2 saturated heterocycles. The van der Waals surface area contributed by atoms with E-state index in [4.69, 9.17) is 19.2 Å². The van der Waals surface area contributed by atoms with Crippen molar-refractivity contribution in [2.24, 2.45) is 11.3 Å². The lowest BCUT2D eigenvalue weighted by Crippen LogP contribution is -2.40. The lowest BCUT2D eigenvalue weighted by molar-refractivity contribution is -0.153. The number of piperidine rings is 1. The number of anilines is 1. The summed E-state index contributed by atoms with van der Waals surface area (Å²) in [6.45, 7) is 14.6. The molecule has 1 unspecified atom stereocenters. The van der Waals surface area contributed by atoms with Crippen molar-refractivity contribution in [3.8, 4) is 22.9 Å². The molecule has 10 heteroatoms. The average Bonchev–Trinajstić information content (AvgIpc) is 3.41. The zero-order chi connectivity index (χ0) is 29.7. The molecule has 2 aliphatic heterocycles. The Morgan fingerprint density at radius 3 is 2.57 bits per heavy atom. The van der Waals surface area contributed by atoms with Crippen molar-refractivity contribution in [2.75, 3.05) is 57.4 Å². The van der Waals surface area contributed by atoms with E-state index in [-0.39, 0.29) is 17.5 Å². The maximum Gasteiger partial charge on any atom is 0.306 e. The Balaban J connectivity index is 1.26. The van der Waals surface area contributed by atoms with E-state index in [9.17, 15) is 10.1 Å². The molecule has 2 fully saturated rings. The summed E-state index contributed by atoms with van der Waals surface area (Å²) in [6, 6.07) is 8.31. The molecular formula is C32H42N6O4. The van der Waals surface area contributed by atoms with Gasteiger partial charge < -0.3 is 19.1 Å². The van der Waals surface area contributed by atoms with Crippen LogP contribution in [0.2, 0.25) is 0 Å². The summed E-state index contributed by atoms with van der Waals surface area (Å²) in [7, 11) is 0. The van der Waals surface area contributed by atoms with E-state index in [0.717, 1.165) is 81.2 Å². The monoisotopic (exact) mass is 574 g/mol. The maximum atomic E-state index is 12.5. The highest BCUT2D eigenvalue weighted by Crippen LogP contribution is 2.37. The second-order valence-electron chi connectivity index (χ2n) is 12.2. The van der Waals surface area contributed by atoms with Gasteiger partial charge in [0.25, 0.3) is 0 Å². The third-order valence-electron chi connectivity index (χ3n) is 8.67. The molecule has 0 spiro atoms. The van der Waals surface area contributed by atoms with Crippen molar-refractivity contribution in [1.29, 1.82) is 5.26 Å². The predicted octanol–water partition coefficient (Wildman–Crippen LogP) is 4.56. The van der Waals surface area contributed by atoms with Crippen LogP contribution in [-0.4, -0.2) is 84.1 Å². The fraction of sp³-hybridized carbons (Fsp3) is 0.562. The summed E-state index contributed by atoms with van der Waals surface area (Å²) in [4.78, 5) is 21.9. The third-order valence-corrected chi connectivity index (χ3v) is 8.67. The van der Waals surface area contributed by atoms with Crippen LogP contribution in [-0.2, 0) is 14.3 Å². The van der Waals surface area contributed by atoms with Gasteiger partial charge in [-0.2, -0.15) is 10.4 Å². The highest BCUT2D eigenvalue weighted by atomic mass is 16.5. The van der Waals surface area contributed by atoms with Crippen LogP contribution in [0.3, 0.4) is 0 Å². The Bertz CT molecular complexity index is 1400. The summed E-state index contributed by atoms with van der Waals surface area (Å²) >= 11 is 0. The number of carbonyl (C=O) groups excluding carboxylic acids is 1. The van der Waals surface area contributed by atoms with Gasteiger partial charge in [0.05, 0.1) is 43.1 Å². The van der Waals surface area contributed by atoms with E-state index < -0.39 is 0 Å². The lowest BCUT2D eigenvalue weighted by Gasteiger charge is -2.39. The molecule has 5 rings (SSSR count). The fourth-order valence-electron chi connectivity index (χ4n) is 5.51. The fourth-order valence-corrected chi connectivity index (χ4v) is 5.51. The number of pyridine rings is 2. The number of nitrogens with zero attached hydrogens (tertiary/aromatic N) is 6. The van der Waals surface area contributed by atoms with Crippen LogP contribution < -0.4 is 9.64 Å². The van der Waals surface area contributed by atoms with Gasteiger partial charge >= 0.3 is 5.97 Å². The van der Waals surface area contributed by atoms with E-state index in [2.05, 4.69) is 41.7 Å². The van der Waals surface area contributed by atoms with Crippen molar-refractivity contribution >= 4 is 17.3 Å². The minimum absolute atomic E-state index is 0.0701. The highest BCUT2D eigenvalue weighted by Gasteiger charge is 2.34. The quantitative estimate of drug-likeness (QED) is 0.322. The standard InChI is InChI=1S/C32H42N6O4/c1-23(2)24(3)42-30(39)18-32(4)7-9-37(10-8-32)29-6-5-25(20-34-29)28-17-27(22-38-31(28)26(19-33)21-35-38)41-16-13-36-11-14-40-15-12-36/h5-6,17,20-24H,7-16,18H2,1-4H3. The SMILES string of the molecule is CC(C)C(C)OC(=O)CC1(C)CCN(c2ccc(-c3cc(OCCN4CCOCC4)cn4ncc(C#N)c34)cn2)CC1. The Morgan fingerprint density at radius 2 is 1.90 bits per heavy atom. The van der Waals surface area contributed by atoms with E-state index in [1.165, 1.54) is 0 Å². The van der Waals surface area contributed by atoms with Crippen molar-refractivity contribution in [3.63, 3.8) is 0 Å². The lowest BCUT2D eigenvalue weighted by atomic mass is 9.77. The number of esters is 1. The molecule has 0 N–H and O–H groups in total. The normalized spacial score (nSPS) is 18.1. The molecule has 0 bridgehead atoms. The van der Waals surface area contributed by atoms with Gasteiger partial charge in [0.1, 0.15) is 30.3 Å². The second kappa shape index (κ2) is 13.1. The Morgan fingerprint density at radius 1 is 1.14 bits per heavy atom. The number of ether oxygens (including phenoxy) is 3. The summed E-state index contributed by atoms with van der Waals surface area (Å²) in [5.41, 5.74) is 2.91. The number of fused-ring (bicyclic) bond motifs is 1. The molecule has 2 aliphatic rings. The number of aromatic nitrogens is 3. The first-order chi connectivity index (χ1) is 20.2. The molecule has 3 aromatic heterocycles. The number of hydrogen-bond donors (Lipinski definition) is 0. The Hall–Kier alpha value is -3.68. The maximum absolute atomic E-state index is 12.5. The molecule has 224 valence electrons. The van der Waals surface area contributed by atoms with Gasteiger partial charge in [0, 0.05) is 50.0 Å². The summed E-state index contributed by atoms with van der Waals surface area (Å²) < 4.78 is 18.9. The van der Waals surface area contributed by atoms with Crippen molar-refractivity contribution in [2.45, 2.75) is 53.1 Å². The number of rotatable bonds is 10. The minimum atomic E-state index is -0.107. The average molecular weight is 575 g/mol. The molecule has 0 amide bonds. The zero-order valence-corrected chi connectivity index (χ0v) is 25.2. The minimum Gasteiger partial charge on any atom is -0.491 e. The van der Waals surface area contributed by atoms with Crippen LogP contribution in [0.25, 0.3) is 16.6 Å². The van der Waals surface area contributed by atoms with Gasteiger partial charge in [-0.3, -0.25) is 9.69 Å². The Kier molecular flexibility index (Phi) is 9.29. The zero-order valence-electron chi connectivity index (χ0n) is 25.2. The number of nitriles is 1. The summed E-state index contributed by atoms with van der Waals surface area (Å²) in [6.07, 6.45) is 7.43. The molecule has 0 aromatic carbocycles. The summed E-state index contributed by atoms with van der Waals surface area (Å²) in [5.74, 6) is 1.80. The van der Waals surface area contributed by atoms with E-state index in [1.54, 1.807) is 10.7 Å². The topological polar surface area (TPSA) is 105 Å². The van der Waals surface area contributed by atoms with Crippen molar-refractivity contribution < 1.29 is 19.0 Å².